The smallest absolute Gasteiger partial charge is 0.342 e. The number of alkyl halides is 6. The minimum absolute atomic E-state index is 0.130. The Hall–Kier alpha value is -0.990. The quantitative estimate of drug-likeness (QED) is 0.813. The second kappa shape index (κ2) is 5.79. The van der Waals surface area contributed by atoms with E-state index in [4.69, 9.17) is 5.73 Å². The predicted octanol–water partition coefficient (Wildman–Crippen LogP) is 2.31. The topological polar surface area (TPSA) is 46.3 Å². The minimum Gasteiger partial charge on any atom is -0.342 e. The van der Waals surface area contributed by atoms with Gasteiger partial charge in [0.25, 0.3) is 0 Å². The van der Waals surface area contributed by atoms with E-state index in [-0.39, 0.29) is 12.5 Å². The molecule has 1 aliphatic rings. The van der Waals surface area contributed by atoms with Crippen LogP contribution in [-0.2, 0) is 4.79 Å². The molecule has 0 spiro atoms. The van der Waals surface area contributed by atoms with Gasteiger partial charge >= 0.3 is 12.4 Å². The first-order valence-electron chi connectivity index (χ1n) is 6.10. The van der Waals surface area contributed by atoms with E-state index in [9.17, 15) is 31.1 Å². The Morgan fingerprint density at radius 1 is 1.20 bits per heavy atom. The van der Waals surface area contributed by atoms with Crippen LogP contribution < -0.4 is 5.73 Å². The summed E-state index contributed by atoms with van der Waals surface area (Å²) in [5.74, 6) is -6.19. The summed E-state index contributed by atoms with van der Waals surface area (Å²) in [6, 6.07) is -0.667. The van der Waals surface area contributed by atoms with Crippen molar-refractivity contribution in [3.8, 4) is 0 Å². The number of hydrogen-bond donors (Lipinski definition) is 1. The van der Waals surface area contributed by atoms with E-state index < -0.39 is 30.2 Å². The number of halogens is 6. The highest BCUT2D eigenvalue weighted by molar-refractivity contribution is 5.80. The van der Waals surface area contributed by atoms with E-state index >= 15 is 0 Å². The van der Waals surface area contributed by atoms with Gasteiger partial charge < -0.3 is 10.6 Å². The summed E-state index contributed by atoms with van der Waals surface area (Å²) in [6.07, 6.45) is -9.71. The molecule has 1 amide bonds. The van der Waals surface area contributed by atoms with Crippen molar-refractivity contribution in [2.24, 2.45) is 17.6 Å². The Kier molecular flexibility index (Phi) is 4.94. The summed E-state index contributed by atoms with van der Waals surface area (Å²) in [4.78, 5) is 12.2. The maximum atomic E-state index is 12.5. The normalized spacial score (nSPS) is 24.2. The van der Waals surface area contributed by atoms with Crippen LogP contribution in [0.15, 0.2) is 0 Å². The first-order valence-corrected chi connectivity index (χ1v) is 6.10. The van der Waals surface area contributed by atoms with Gasteiger partial charge in [-0.3, -0.25) is 4.79 Å². The summed E-state index contributed by atoms with van der Waals surface area (Å²) in [6.45, 7) is 0.130. The van der Waals surface area contributed by atoms with Crippen molar-refractivity contribution in [3.05, 3.63) is 0 Å². The fourth-order valence-electron chi connectivity index (χ4n) is 2.63. The average Bonchev–Trinajstić information content (AvgIpc) is 2.71. The molecule has 0 bridgehead atoms. The Labute approximate surface area is 112 Å². The molecule has 20 heavy (non-hydrogen) atoms. The van der Waals surface area contributed by atoms with Crippen LogP contribution in [-0.4, -0.2) is 42.8 Å². The third kappa shape index (κ3) is 3.56. The first kappa shape index (κ1) is 17.1. The van der Waals surface area contributed by atoms with Crippen molar-refractivity contribution in [1.29, 1.82) is 0 Å². The van der Waals surface area contributed by atoms with Gasteiger partial charge in [0.1, 0.15) is 0 Å². The number of hydrogen-bond acceptors (Lipinski definition) is 2. The molecule has 1 saturated carbocycles. The van der Waals surface area contributed by atoms with Crippen LogP contribution in [0.1, 0.15) is 19.3 Å². The molecular weight excluding hydrogens is 290 g/mol. The predicted molar refractivity (Wildman–Crippen MR) is 58.6 cm³/mol. The van der Waals surface area contributed by atoms with Crippen molar-refractivity contribution in [1.82, 2.24) is 4.90 Å². The van der Waals surface area contributed by atoms with E-state index in [0.717, 1.165) is 7.05 Å². The zero-order chi connectivity index (χ0) is 15.7. The second-order valence-corrected chi connectivity index (χ2v) is 4.96. The van der Waals surface area contributed by atoms with Gasteiger partial charge in [0.05, 0.1) is 0 Å². The molecule has 3 nitrogen and oxygen atoms in total. The van der Waals surface area contributed by atoms with Gasteiger partial charge in [-0.25, -0.2) is 0 Å². The fourth-order valence-corrected chi connectivity index (χ4v) is 2.63. The van der Waals surface area contributed by atoms with Gasteiger partial charge in [-0.15, -0.1) is 0 Å². The van der Waals surface area contributed by atoms with E-state index in [0.29, 0.717) is 24.2 Å². The van der Waals surface area contributed by atoms with E-state index in [2.05, 4.69) is 0 Å². The number of carbonyl (C=O) groups is 1. The molecule has 0 aromatic carbocycles. The second-order valence-electron chi connectivity index (χ2n) is 4.96. The molecule has 1 aliphatic carbocycles. The number of nitrogens with zero attached hydrogens (tertiary/aromatic N) is 1. The lowest BCUT2D eigenvalue weighted by Gasteiger charge is -2.33. The van der Waals surface area contributed by atoms with Gasteiger partial charge in [0.15, 0.2) is 0 Å². The molecule has 0 aromatic heterocycles. The highest BCUT2D eigenvalue weighted by Crippen LogP contribution is 2.41. The standard InChI is InChI=1S/C11H16F6N2O/c1-19(7-4-2-3-6(7)5-18)9(20)8(10(12,13)14)11(15,16)17/h6-8H,2-5,18H2,1H3. The third-order valence-electron chi connectivity index (χ3n) is 3.67. The van der Waals surface area contributed by atoms with Crippen LogP contribution in [0, 0.1) is 11.8 Å². The summed E-state index contributed by atoms with van der Waals surface area (Å²) in [5.41, 5.74) is 5.43. The lowest BCUT2D eigenvalue weighted by molar-refractivity contribution is -0.277. The monoisotopic (exact) mass is 306 g/mol. The molecule has 9 heteroatoms. The van der Waals surface area contributed by atoms with Crippen molar-refractivity contribution in [2.75, 3.05) is 13.6 Å². The Morgan fingerprint density at radius 2 is 1.70 bits per heavy atom. The molecule has 1 fully saturated rings. The van der Waals surface area contributed by atoms with Gasteiger partial charge in [-0.05, 0) is 25.3 Å². The molecule has 2 atom stereocenters. The summed E-state index contributed by atoms with van der Waals surface area (Å²) < 4.78 is 75.0. The summed E-state index contributed by atoms with van der Waals surface area (Å²) >= 11 is 0. The van der Waals surface area contributed by atoms with Crippen molar-refractivity contribution in [2.45, 2.75) is 37.7 Å². The Morgan fingerprint density at radius 3 is 2.10 bits per heavy atom. The Bertz CT molecular complexity index is 340. The van der Waals surface area contributed by atoms with Gasteiger partial charge in [0.2, 0.25) is 11.8 Å². The van der Waals surface area contributed by atoms with E-state index in [1.807, 2.05) is 0 Å². The molecule has 0 saturated heterocycles. The maximum absolute atomic E-state index is 12.5. The lowest BCUT2D eigenvalue weighted by Crippen LogP contribution is -2.52. The van der Waals surface area contributed by atoms with Crippen LogP contribution >= 0.6 is 0 Å². The van der Waals surface area contributed by atoms with Crippen molar-refractivity contribution in [3.63, 3.8) is 0 Å². The molecule has 2 N–H and O–H groups in total. The molecule has 0 heterocycles. The molecule has 0 aromatic rings. The summed E-state index contributed by atoms with van der Waals surface area (Å²) in [7, 11) is 0.978. The molecule has 0 aliphatic heterocycles. The lowest BCUT2D eigenvalue weighted by atomic mass is 10.00. The van der Waals surface area contributed by atoms with E-state index in [1.165, 1.54) is 0 Å². The average molecular weight is 306 g/mol. The first-order chi connectivity index (χ1) is 9.00. The van der Waals surface area contributed by atoms with Crippen LogP contribution in [0.25, 0.3) is 0 Å². The number of carbonyl (C=O) groups excluding carboxylic acids is 1. The van der Waals surface area contributed by atoms with Crippen molar-refractivity contribution >= 4 is 5.91 Å². The third-order valence-corrected chi connectivity index (χ3v) is 3.67. The number of nitrogens with two attached hydrogens (primary N) is 1. The highest BCUT2D eigenvalue weighted by Gasteiger charge is 2.62. The zero-order valence-electron chi connectivity index (χ0n) is 10.8. The van der Waals surface area contributed by atoms with Crippen molar-refractivity contribution < 1.29 is 31.1 Å². The minimum atomic E-state index is -5.65. The van der Waals surface area contributed by atoms with E-state index in [1.54, 1.807) is 0 Å². The van der Waals surface area contributed by atoms with Crippen LogP contribution in [0.3, 0.4) is 0 Å². The van der Waals surface area contributed by atoms with Gasteiger partial charge in [0, 0.05) is 13.1 Å². The van der Waals surface area contributed by atoms with Crippen LogP contribution in [0.2, 0.25) is 0 Å². The molecular formula is C11H16F6N2O. The van der Waals surface area contributed by atoms with Gasteiger partial charge in [-0.1, -0.05) is 6.42 Å². The van der Waals surface area contributed by atoms with Gasteiger partial charge in [-0.2, -0.15) is 26.3 Å². The maximum Gasteiger partial charge on any atom is 0.409 e. The highest BCUT2D eigenvalue weighted by atomic mass is 19.4. The number of amides is 1. The Balaban J connectivity index is 2.95. The van der Waals surface area contributed by atoms with Crippen LogP contribution in [0.4, 0.5) is 26.3 Å². The molecule has 2 unspecified atom stereocenters. The van der Waals surface area contributed by atoms with Crippen LogP contribution in [0.5, 0.6) is 0 Å². The largest absolute Gasteiger partial charge is 0.409 e. The summed E-state index contributed by atoms with van der Waals surface area (Å²) in [5, 5.41) is 0. The fraction of sp³-hybridized carbons (Fsp3) is 0.909. The molecule has 118 valence electrons. The molecule has 1 rings (SSSR count). The zero-order valence-corrected chi connectivity index (χ0v) is 10.8. The molecule has 0 radical (unpaired) electrons. The number of rotatable bonds is 3. The SMILES string of the molecule is CN(C(=O)C(C(F)(F)F)C(F)(F)F)C1CCCC1CN.